The lowest BCUT2D eigenvalue weighted by atomic mass is 10.3. The topological polar surface area (TPSA) is 55.6 Å². The Labute approximate surface area is 101 Å². The van der Waals surface area contributed by atoms with Crippen molar-refractivity contribution in [2.24, 2.45) is 0 Å². The van der Waals surface area contributed by atoms with E-state index in [4.69, 9.17) is 0 Å². The van der Waals surface area contributed by atoms with Crippen LogP contribution in [0, 0.1) is 0 Å². The highest BCUT2D eigenvalue weighted by Gasteiger charge is 2.02. The molecule has 5 heteroatoms. The Morgan fingerprint density at radius 1 is 1.24 bits per heavy atom. The fraction of sp³-hybridized carbons (Fsp3) is 0.417. The minimum absolute atomic E-state index is 0.738. The van der Waals surface area contributed by atoms with Crippen LogP contribution in [0.15, 0.2) is 30.9 Å². The van der Waals surface area contributed by atoms with Gasteiger partial charge >= 0.3 is 0 Å². The van der Waals surface area contributed by atoms with E-state index in [2.05, 4.69) is 27.3 Å². The van der Waals surface area contributed by atoms with Gasteiger partial charge in [0.2, 0.25) is 0 Å². The molecule has 1 N–H and O–H groups in total. The van der Waals surface area contributed by atoms with E-state index >= 15 is 0 Å². The molecule has 0 bridgehead atoms. The molecule has 2 heterocycles. The Bertz CT molecular complexity index is 437. The summed E-state index contributed by atoms with van der Waals surface area (Å²) in [6, 6.07) is 4.01. The van der Waals surface area contributed by atoms with Crippen molar-refractivity contribution in [2.75, 3.05) is 0 Å². The van der Waals surface area contributed by atoms with E-state index in [0.717, 1.165) is 31.9 Å². The zero-order valence-corrected chi connectivity index (χ0v) is 10.0. The number of pyridine rings is 1. The lowest BCUT2D eigenvalue weighted by molar-refractivity contribution is 0.542. The Kier molecular flexibility index (Phi) is 4.21. The van der Waals surface area contributed by atoms with Crippen molar-refractivity contribution >= 4 is 0 Å². The Hall–Kier alpha value is -1.75. The van der Waals surface area contributed by atoms with Crippen molar-refractivity contribution in [3.8, 4) is 0 Å². The highest BCUT2D eigenvalue weighted by molar-refractivity contribution is 5.09. The number of aromatic nitrogens is 4. The van der Waals surface area contributed by atoms with Crippen LogP contribution in [0.4, 0.5) is 0 Å². The predicted molar refractivity (Wildman–Crippen MR) is 65.1 cm³/mol. The molecule has 0 spiro atoms. The molecule has 0 fully saturated rings. The maximum absolute atomic E-state index is 4.24. The summed E-state index contributed by atoms with van der Waals surface area (Å²) < 4.78 is 1.94. The van der Waals surface area contributed by atoms with Gasteiger partial charge in [-0.25, -0.2) is 9.67 Å². The number of aryl methyl sites for hydroxylation is 1. The van der Waals surface area contributed by atoms with Crippen LogP contribution in [0.25, 0.3) is 0 Å². The Morgan fingerprint density at radius 2 is 2.06 bits per heavy atom. The van der Waals surface area contributed by atoms with Gasteiger partial charge in [-0.1, -0.05) is 6.92 Å². The van der Waals surface area contributed by atoms with E-state index < -0.39 is 0 Å². The highest BCUT2D eigenvalue weighted by atomic mass is 15.3. The molecule has 5 nitrogen and oxygen atoms in total. The fourth-order valence-corrected chi connectivity index (χ4v) is 1.64. The summed E-state index contributed by atoms with van der Waals surface area (Å²) in [5.74, 6) is 0.987. The number of hydrogen-bond donors (Lipinski definition) is 1. The second kappa shape index (κ2) is 6.10. The average molecular weight is 231 g/mol. The predicted octanol–water partition coefficient (Wildman–Crippen LogP) is 1.37. The molecule has 0 saturated carbocycles. The summed E-state index contributed by atoms with van der Waals surface area (Å²) in [6.45, 7) is 4.62. The van der Waals surface area contributed by atoms with E-state index in [9.17, 15) is 0 Å². The van der Waals surface area contributed by atoms with Crippen LogP contribution in [0.3, 0.4) is 0 Å². The van der Waals surface area contributed by atoms with Gasteiger partial charge in [-0.2, -0.15) is 5.10 Å². The molecule has 0 radical (unpaired) electrons. The van der Waals surface area contributed by atoms with Crippen LogP contribution in [-0.2, 0) is 19.6 Å². The maximum Gasteiger partial charge on any atom is 0.140 e. The van der Waals surface area contributed by atoms with E-state index in [-0.39, 0.29) is 0 Å². The van der Waals surface area contributed by atoms with Gasteiger partial charge in [0.15, 0.2) is 0 Å². The normalized spacial score (nSPS) is 10.6. The van der Waals surface area contributed by atoms with Gasteiger partial charge < -0.3 is 5.32 Å². The smallest absolute Gasteiger partial charge is 0.140 e. The molecular weight excluding hydrogens is 214 g/mol. The third kappa shape index (κ3) is 3.35. The third-order valence-corrected chi connectivity index (χ3v) is 2.49. The van der Waals surface area contributed by atoms with Gasteiger partial charge in [-0.05, 0) is 24.1 Å². The van der Waals surface area contributed by atoms with Crippen molar-refractivity contribution < 1.29 is 0 Å². The van der Waals surface area contributed by atoms with Crippen molar-refractivity contribution in [1.82, 2.24) is 25.1 Å². The van der Waals surface area contributed by atoms with Crippen molar-refractivity contribution in [3.05, 3.63) is 42.2 Å². The van der Waals surface area contributed by atoms with Gasteiger partial charge in [0.25, 0.3) is 0 Å². The number of rotatable bonds is 6. The Balaban J connectivity index is 1.84. The summed E-state index contributed by atoms with van der Waals surface area (Å²) in [6.07, 6.45) is 6.28. The van der Waals surface area contributed by atoms with Crippen LogP contribution in [0.2, 0.25) is 0 Å². The second-order valence-electron chi connectivity index (χ2n) is 3.86. The molecule has 0 unspecified atom stereocenters. The van der Waals surface area contributed by atoms with Gasteiger partial charge in [-0.15, -0.1) is 0 Å². The van der Waals surface area contributed by atoms with Crippen LogP contribution < -0.4 is 5.32 Å². The minimum Gasteiger partial charge on any atom is -0.306 e. The first-order chi connectivity index (χ1) is 8.40. The molecular formula is C12H17N5. The average Bonchev–Trinajstić information content (AvgIpc) is 2.79. The first kappa shape index (κ1) is 11.7. The minimum atomic E-state index is 0.738. The number of hydrogen-bond acceptors (Lipinski definition) is 4. The van der Waals surface area contributed by atoms with Gasteiger partial charge in [-0.3, -0.25) is 4.98 Å². The molecule has 0 atom stereocenters. The largest absolute Gasteiger partial charge is 0.306 e. The number of nitrogens with one attached hydrogen (secondary N) is 1. The van der Waals surface area contributed by atoms with Crippen LogP contribution >= 0.6 is 0 Å². The molecule has 2 aromatic rings. The maximum atomic E-state index is 4.24. The molecule has 0 aliphatic rings. The SMILES string of the molecule is CCCn1ncnc1CNCc1ccncc1. The summed E-state index contributed by atoms with van der Waals surface area (Å²) >= 11 is 0. The zero-order chi connectivity index (χ0) is 11.9. The summed E-state index contributed by atoms with van der Waals surface area (Å²) in [5.41, 5.74) is 1.22. The van der Waals surface area contributed by atoms with E-state index in [1.54, 1.807) is 18.7 Å². The highest BCUT2D eigenvalue weighted by Crippen LogP contribution is 1.98. The molecule has 0 amide bonds. The summed E-state index contributed by atoms with van der Waals surface area (Å²) in [4.78, 5) is 8.23. The molecule has 2 aromatic heterocycles. The van der Waals surface area contributed by atoms with Crippen LogP contribution in [0.5, 0.6) is 0 Å². The molecule has 2 rings (SSSR count). The van der Waals surface area contributed by atoms with Crippen LogP contribution in [-0.4, -0.2) is 19.7 Å². The molecule has 0 saturated heterocycles. The third-order valence-electron chi connectivity index (χ3n) is 2.49. The molecule has 0 aliphatic heterocycles. The van der Waals surface area contributed by atoms with Crippen molar-refractivity contribution in [2.45, 2.75) is 33.0 Å². The molecule has 0 aromatic carbocycles. The summed E-state index contributed by atoms with van der Waals surface area (Å²) in [5, 5.41) is 7.54. The lowest BCUT2D eigenvalue weighted by Crippen LogP contribution is -2.17. The quantitative estimate of drug-likeness (QED) is 0.816. The monoisotopic (exact) mass is 231 g/mol. The van der Waals surface area contributed by atoms with Crippen LogP contribution in [0.1, 0.15) is 24.7 Å². The first-order valence-corrected chi connectivity index (χ1v) is 5.86. The second-order valence-corrected chi connectivity index (χ2v) is 3.86. The van der Waals surface area contributed by atoms with E-state index in [1.807, 2.05) is 16.8 Å². The van der Waals surface area contributed by atoms with E-state index in [0.29, 0.717) is 0 Å². The fourth-order valence-electron chi connectivity index (χ4n) is 1.64. The molecule has 90 valence electrons. The number of nitrogens with zero attached hydrogens (tertiary/aromatic N) is 4. The van der Waals surface area contributed by atoms with Gasteiger partial charge in [0.1, 0.15) is 12.2 Å². The van der Waals surface area contributed by atoms with Gasteiger partial charge in [0, 0.05) is 25.5 Å². The van der Waals surface area contributed by atoms with E-state index in [1.165, 1.54) is 5.56 Å². The molecule has 0 aliphatic carbocycles. The van der Waals surface area contributed by atoms with Crippen molar-refractivity contribution in [3.63, 3.8) is 0 Å². The van der Waals surface area contributed by atoms with Gasteiger partial charge in [0.05, 0.1) is 6.54 Å². The summed E-state index contributed by atoms with van der Waals surface area (Å²) in [7, 11) is 0. The standard InChI is InChI=1S/C12H17N5/c1-2-7-17-12(15-10-16-17)9-14-8-11-3-5-13-6-4-11/h3-6,10,14H,2,7-9H2,1H3. The first-order valence-electron chi connectivity index (χ1n) is 5.86. The Morgan fingerprint density at radius 3 is 2.82 bits per heavy atom. The molecule has 17 heavy (non-hydrogen) atoms. The lowest BCUT2D eigenvalue weighted by Gasteiger charge is -2.06. The zero-order valence-electron chi connectivity index (χ0n) is 10.0. The van der Waals surface area contributed by atoms with Crippen molar-refractivity contribution in [1.29, 1.82) is 0 Å².